The van der Waals surface area contributed by atoms with Gasteiger partial charge in [-0.15, -0.1) is 23.1 Å². The molecule has 5 heteroatoms. The van der Waals surface area contributed by atoms with Crippen molar-refractivity contribution in [2.45, 2.75) is 42.8 Å². The van der Waals surface area contributed by atoms with Crippen molar-refractivity contribution in [3.05, 3.63) is 23.1 Å². The largest absolute Gasteiger partial charge is 0.494 e. The van der Waals surface area contributed by atoms with Crippen molar-refractivity contribution in [1.82, 2.24) is 0 Å². The van der Waals surface area contributed by atoms with Crippen molar-refractivity contribution in [3.63, 3.8) is 0 Å². The zero-order valence-electron chi connectivity index (χ0n) is 11.9. The quantitative estimate of drug-likeness (QED) is 0.838. The Morgan fingerprint density at radius 1 is 1.43 bits per heavy atom. The first kappa shape index (κ1) is 14.7. The van der Waals surface area contributed by atoms with E-state index in [9.17, 15) is 9.90 Å². The molecule has 1 aliphatic rings. The van der Waals surface area contributed by atoms with Gasteiger partial charge in [-0.2, -0.15) is 0 Å². The van der Waals surface area contributed by atoms with E-state index < -0.39 is 5.97 Å². The number of thiophene rings is 1. The van der Waals surface area contributed by atoms with Gasteiger partial charge in [0.1, 0.15) is 10.6 Å². The Morgan fingerprint density at radius 2 is 2.19 bits per heavy atom. The molecule has 0 atom stereocenters. The number of fused-ring (bicyclic) bond motifs is 1. The summed E-state index contributed by atoms with van der Waals surface area (Å²) in [5.41, 5.74) is 0. The fraction of sp³-hybridized carbons (Fsp3) is 0.438. The molecule has 2 aromatic rings. The third kappa shape index (κ3) is 3.04. The monoisotopic (exact) mass is 322 g/mol. The van der Waals surface area contributed by atoms with Crippen molar-refractivity contribution in [1.29, 1.82) is 0 Å². The van der Waals surface area contributed by atoms with Gasteiger partial charge >= 0.3 is 5.97 Å². The van der Waals surface area contributed by atoms with Gasteiger partial charge in [0.2, 0.25) is 0 Å². The second-order valence-corrected chi connectivity index (χ2v) is 7.54. The van der Waals surface area contributed by atoms with Gasteiger partial charge in [-0.05, 0) is 38.0 Å². The van der Waals surface area contributed by atoms with E-state index in [1.165, 1.54) is 37.0 Å². The molecule has 3 rings (SSSR count). The van der Waals surface area contributed by atoms with Crippen LogP contribution in [0, 0.1) is 0 Å². The lowest BCUT2D eigenvalue weighted by Crippen LogP contribution is -1.98. The van der Waals surface area contributed by atoms with Gasteiger partial charge in [-0.1, -0.05) is 12.8 Å². The van der Waals surface area contributed by atoms with Crippen LogP contribution in [0.5, 0.6) is 5.75 Å². The lowest BCUT2D eigenvalue weighted by atomic mass is 10.2. The van der Waals surface area contributed by atoms with E-state index >= 15 is 0 Å². The molecule has 1 saturated carbocycles. The lowest BCUT2D eigenvalue weighted by molar-refractivity contribution is 0.0699. The number of ether oxygens (including phenoxy) is 1. The zero-order valence-corrected chi connectivity index (χ0v) is 13.6. The van der Waals surface area contributed by atoms with Crippen LogP contribution in [0.2, 0.25) is 0 Å². The molecule has 0 bridgehead atoms. The average molecular weight is 322 g/mol. The van der Waals surface area contributed by atoms with Gasteiger partial charge < -0.3 is 9.84 Å². The minimum absolute atomic E-state index is 0.468. The van der Waals surface area contributed by atoms with Crippen molar-refractivity contribution in [3.8, 4) is 5.75 Å². The number of carboxylic acids is 1. The van der Waals surface area contributed by atoms with Crippen molar-refractivity contribution >= 4 is 39.2 Å². The third-order valence-corrected chi connectivity index (χ3v) is 6.46. The summed E-state index contributed by atoms with van der Waals surface area (Å²) in [6, 6.07) is 5.87. The van der Waals surface area contributed by atoms with Crippen LogP contribution >= 0.6 is 23.1 Å². The second kappa shape index (κ2) is 6.28. The summed E-state index contributed by atoms with van der Waals surface area (Å²) in [6.45, 7) is 2.57. The summed E-state index contributed by atoms with van der Waals surface area (Å²) >= 11 is 3.11. The van der Waals surface area contributed by atoms with Crippen LogP contribution in [-0.4, -0.2) is 22.9 Å². The Labute approximate surface area is 132 Å². The first-order chi connectivity index (χ1) is 10.2. The van der Waals surface area contributed by atoms with Crippen molar-refractivity contribution in [2.24, 2.45) is 0 Å². The van der Waals surface area contributed by atoms with Crippen LogP contribution in [0.4, 0.5) is 0 Å². The van der Waals surface area contributed by atoms with Crippen LogP contribution in [0.25, 0.3) is 10.1 Å². The normalized spacial score (nSPS) is 15.7. The summed E-state index contributed by atoms with van der Waals surface area (Å²) in [5, 5.41) is 11.1. The summed E-state index contributed by atoms with van der Waals surface area (Å²) in [4.78, 5) is 12.9. The SMILES string of the molecule is CCOc1ccc2sc(C(=O)O)c(SC3CCCC3)c2c1. The highest BCUT2D eigenvalue weighted by Crippen LogP contribution is 2.44. The molecule has 0 saturated heterocycles. The zero-order chi connectivity index (χ0) is 14.8. The predicted molar refractivity (Wildman–Crippen MR) is 88.1 cm³/mol. The molecular weight excluding hydrogens is 304 g/mol. The highest BCUT2D eigenvalue weighted by atomic mass is 32.2. The molecule has 0 spiro atoms. The Balaban J connectivity index is 2.04. The second-order valence-electron chi connectivity index (χ2n) is 5.18. The minimum atomic E-state index is -0.824. The van der Waals surface area contributed by atoms with Crippen molar-refractivity contribution in [2.75, 3.05) is 6.61 Å². The van der Waals surface area contributed by atoms with Gasteiger partial charge in [0.25, 0.3) is 0 Å². The van der Waals surface area contributed by atoms with Gasteiger partial charge in [-0.3, -0.25) is 0 Å². The number of thioether (sulfide) groups is 1. The Hall–Kier alpha value is -1.20. The number of benzene rings is 1. The van der Waals surface area contributed by atoms with Gasteiger partial charge in [0, 0.05) is 20.2 Å². The van der Waals surface area contributed by atoms with E-state index in [0.717, 1.165) is 20.7 Å². The third-order valence-electron chi connectivity index (χ3n) is 3.71. The molecule has 0 radical (unpaired) electrons. The van der Waals surface area contributed by atoms with E-state index in [0.29, 0.717) is 16.7 Å². The molecule has 3 nitrogen and oxygen atoms in total. The molecule has 21 heavy (non-hydrogen) atoms. The summed E-state index contributed by atoms with van der Waals surface area (Å²) in [6.07, 6.45) is 4.89. The van der Waals surface area contributed by atoms with Crippen molar-refractivity contribution < 1.29 is 14.6 Å². The first-order valence-electron chi connectivity index (χ1n) is 7.28. The van der Waals surface area contributed by atoms with Crippen LogP contribution in [-0.2, 0) is 0 Å². The molecule has 1 aromatic heterocycles. The summed E-state index contributed by atoms with van der Waals surface area (Å²) in [7, 11) is 0. The van der Waals surface area contributed by atoms with Gasteiger partial charge in [-0.25, -0.2) is 4.79 Å². The highest BCUT2D eigenvalue weighted by Gasteiger charge is 2.24. The van der Waals surface area contributed by atoms with E-state index in [1.807, 2.05) is 25.1 Å². The smallest absolute Gasteiger partial charge is 0.347 e. The fourth-order valence-electron chi connectivity index (χ4n) is 2.74. The molecule has 1 N–H and O–H groups in total. The van der Waals surface area contributed by atoms with Crippen LogP contribution in [0.15, 0.2) is 23.1 Å². The Morgan fingerprint density at radius 3 is 2.86 bits per heavy atom. The van der Waals surface area contributed by atoms with Crippen LogP contribution in [0.1, 0.15) is 42.3 Å². The predicted octanol–water partition coefficient (Wildman–Crippen LogP) is 5.03. The lowest BCUT2D eigenvalue weighted by Gasteiger charge is -2.09. The van der Waals surface area contributed by atoms with E-state index in [-0.39, 0.29) is 0 Å². The molecule has 0 aliphatic heterocycles. The first-order valence-corrected chi connectivity index (χ1v) is 8.98. The van der Waals surface area contributed by atoms with Gasteiger partial charge in [0.15, 0.2) is 0 Å². The summed E-state index contributed by atoms with van der Waals surface area (Å²) < 4.78 is 6.58. The Bertz CT molecular complexity index is 657. The van der Waals surface area contributed by atoms with E-state index in [1.54, 1.807) is 11.8 Å². The maximum absolute atomic E-state index is 11.5. The maximum Gasteiger partial charge on any atom is 0.347 e. The van der Waals surface area contributed by atoms with Crippen LogP contribution in [0.3, 0.4) is 0 Å². The molecule has 112 valence electrons. The van der Waals surface area contributed by atoms with Crippen LogP contribution < -0.4 is 4.74 Å². The number of carboxylic acid groups (broad SMARTS) is 1. The molecule has 1 fully saturated rings. The van der Waals surface area contributed by atoms with E-state index in [2.05, 4.69) is 0 Å². The fourth-order valence-corrected chi connectivity index (χ4v) is 5.38. The topological polar surface area (TPSA) is 46.5 Å². The number of aromatic carboxylic acids is 1. The molecular formula is C16H18O3S2. The molecule has 1 aromatic carbocycles. The Kier molecular flexibility index (Phi) is 4.40. The highest BCUT2D eigenvalue weighted by molar-refractivity contribution is 8.00. The number of carbonyl (C=O) groups is 1. The number of rotatable bonds is 5. The molecule has 0 amide bonds. The molecule has 1 aliphatic carbocycles. The minimum Gasteiger partial charge on any atom is -0.494 e. The molecule has 0 unspecified atom stereocenters. The number of hydrogen-bond acceptors (Lipinski definition) is 4. The maximum atomic E-state index is 11.5. The number of hydrogen-bond donors (Lipinski definition) is 1. The van der Waals surface area contributed by atoms with Gasteiger partial charge in [0.05, 0.1) is 6.61 Å². The summed E-state index contributed by atoms with van der Waals surface area (Å²) in [5.74, 6) is -0.0114. The van der Waals surface area contributed by atoms with E-state index in [4.69, 9.17) is 4.74 Å². The average Bonchev–Trinajstić information content (AvgIpc) is 3.08. The standard InChI is InChI=1S/C16H18O3S2/c1-2-19-10-7-8-13-12(9-10)14(15(21-13)16(17)18)20-11-5-3-4-6-11/h7-9,11H,2-6H2,1H3,(H,17,18). The molecule has 1 heterocycles.